The summed E-state index contributed by atoms with van der Waals surface area (Å²) in [7, 11) is 0. The van der Waals surface area contributed by atoms with Gasteiger partial charge in [0.05, 0.1) is 30.5 Å². The molecule has 29 heavy (non-hydrogen) atoms. The average molecular weight is 389 g/mol. The lowest BCUT2D eigenvalue weighted by Crippen LogP contribution is -2.42. The number of fused-ring (bicyclic) bond motifs is 1. The number of aryl methyl sites for hydroxylation is 1. The molecular formula is C21H19N5O3. The van der Waals surface area contributed by atoms with Gasteiger partial charge in [0, 0.05) is 30.7 Å². The van der Waals surface area contributed by atoms with Crippen LogP contribution < -0.4 is 0 Å². The van der Waals surface area contributed by atoms with Crippen molar-refractivity contribution in [3.05, 3.63) is 72.2 Å². The lowest BCUT2D eigenvalue weighted by Gasteiger charge is -2.32. The highest BCUT2D eigenvalue weighted by molar-refractivity contribution is 5.95. The number of ether oxygens (including phenoxy) is 1. The van der Waals surface area contributed by atoms with Gasteiger partial charge in [-0.25, -0.2) is 4.52 Å². The van der Waals surface area contributed by atoms with Crippen molar-refractivity contribution in [2.45, 2.75) is 13.0 Å². The van der Waals surface area contributed by atoms with E-state index in [1.807, 2.05) is 30.5 Å². The highest BCUT2D eigenvalue weighted by Crippen LogP contribution is 2.27. The van der Waals surface area contributed by atoms with Gasteiger partial charge in [-0.3, -0.25) is 9.78 Å². The van der Waals surface area contributed by atoms with Crippen molar-refractivity contribution in [3.63, 3.8) is 0 Å². The Morgan fingerprint density at radius 1 is 1.14 bits per heavy atom. The summed E-state index contributed by atoms with van der Waals surface area (Å²) in [6.07, 6.45) is 6.66. The maximum atomic E-state index is 12.8. The molecule has 0 saturated carbocycles. The molecule has 1 amide bonds. The third kappa shape index (κ3) is 3.17. The number of carbonyl (C=O) groups excluding carboxylic acids is 1. The van der Waals surface area contributed by atoms with Crippen molar-refractivity contribution in [1.82, 2.24) is 24.7 Å². The highest BCUT2D eigenvalue weighted by atomic mass is 16.5. The third-order valence-corrected chi connectivity index (χ3v) is 5.20. The number of hydrogen-bond donors (Lipinski definition) is 0. The largest absolute Gasteiger partial charge is 0.469 e. The number of rotatable bonds is 3. The minimum atomic E-state index is -0.329. The molecule has 0 aromatic carbocycles. The molecule has 4 aromatic heterocycles. The number of furan rings is 1. The van der Waals surface area contributed by atoms with Gasteiger partial charge in [-0.1, -0.05) is 11.3 Å². The number of hydrogen-bond acceptors (Lipinski definition) is 6. The topological polar surface area (TPSA) is 85.8 Å². The molecule has 0 bridgehead atoms. The fraction of sp³-hybridized carbons (Fsp3) is 0.238. The van der Waals surface area contributed by atoms with Crippen LogP contribution in [-0.2, 0) is 4.74 Å². The standard InChI is InChI=1S/C21H19N5O3/c1-14-17(6-10-28-14)21(27)25-9-11-29-19(13-25)20-18-3-2-16(12-26(18)24-23-20)15-4-7-22-8-5-15/h2-8,10,12,19H,9,11,13H2,1H3. The van der Waals surface area contributed by atoms with Gasteiger partial charge in [0.15, 0.2) is 0 Å². The second kappa shape index (κ2) is 7.14. The molecule has 5 rings (SSSR count). The quantitative estimate of drug-likeness (QED) is 0.536. The van der Waals surface area contributed by atoms with Crippen molar-refractivity contribution in [2.75, 3.05) is 19.7 Å². The van der Waals surface area contributed by atoms with E-state index in [4.69, 9.17) is 9.15 Å². The molecule has 1 aliphatic heterocycles. The molecule has 4 aromatic rings. The smallest absolute Gasteiger partial charge is 0.257 e. The van der Waals surface area contributed by atoms with Crippen LogP contribution in [0.3, 0.4) is 0 Å². The lowest BCUT2D eigenvalue weighted by atomic mass is 10.1. The van der Waals surface area contributed by atoms with E-state index in [0.29, 0.717) is 31.0 Å². The van der Waals surface area contributed by atoms with Crippen molar-refractivity contribution in [3.8, 4) is 11.1 Å². The number of morpholine rings is 1. The first-order valence-corrected chi connectivity index (χ1v) is 9.41. The van der Waals surface area contributed by atoms with E-state index < -0.39 is 0 Å². The maximum Gasteiger partial charge on any atom is 0.257 e. The Bertz CT molecular complexity index is 1170. The Morgan fingerprint density at radius 3 is 2.79 bits per heavy atom. The second-order valence-electron chi connectivity index (χ2n) is 6.96. The van der Waals surface area contributed by atoms with Crippen molar-refractivity contribution in [2.24, 2.45) is 0 Å². The predicted octanol–water partition coefficient (Wildman–Crippen LogP) is 2.91. The Balaban J connectivity index is 1.42. The van der Waals surface area contributed by atoms with Crippen LogP contribution in [0.1, 0.15) is 27.9 Å². The SMILES string of the molecule is Cc1occc1C(=O)N1CCOC(c2nnn3cc(-c4ccncc4)ccc23)C1. The number of nitrogens with zero attached hydrogens (tertiary/aromatic N) is 5. The molecule has 1 saturated heterocycles. The van der Waals surface area contributed by atoms with Crippen LogP contribution in [0, 0.1) is 6.92 Å². The summed E-state index contributed by atoms with van der Waals surface area (Å²) in [6, 6.07) is 9.61. The summed E-state index contributed by atoms with van der Waals surface area (Å²) in [4.78, 5) is 18.7. The highest BCUT2D eigenvalue weighted by Gasteiger charge is 2.30. The molecule has 1 fully saturated rings. The first kappa shape index (κ1) is 17.6. The molecule has 8 nitrogen and oxygen atoms in total. The molecular weight excluding hydrogens is 370 g/mol. The minimum absolute atomic E-state index is 0.0546. The molecule has 1 aliphatic rings. The molecule has 146 valence electrons. The Labute approximate surface area is 166 Å². The van der Waals surface area contributed by atoms with Crippen LogP contribution in [0.15, 0.2) is 59.6 Å². The van der Waals surface area contributed by atoms with Gasteiger partial charge in [-0.15, -0.1) is 5.10 Å². The van der Waals surface area contributed by atoms with Crippen molar-refractivity contribution in [1.29, 1.82) is 0 Å². The minimum Gasteiger partial charge on any atom is -0.469 e. The van der Waals surface area contributed by atoms with Crippen LogP contribution in [0.5, 0.6) is 0 Å². The second-order valence-corrected chi connectivity index (χ2v) is 6.96. The Kier molecular flexibility index (Phi) is 4.33. The Morgan fingerprint density at radius 2 is 2.00 bits per heavy atom. The molecule has 8 heteroatoms. The number of amides is 1. The summed E-state index contributed by atoms with van der Waals surface area (Å²) in [5, 5.41) is 8.61. The number of aromatic nitrogens is 4. The Hall–Kier alpha value is -3.52. The van der Waals surface area contributed by atoms with Crippen LogP contribution in [0.2, 0.25) is 0 Å². The first-order valence-electron chi connectivity index (χ1n) is 9.41. The van der Waals surface area contributed by atoms with Gasteiger partial charge in [0.2, 0.25) is 0 Å². The number of carbonyl (C=O) groups is 1. The summed E-state index contributed by atoms with van der Waals surface area (Å²) >= 11 is 0. The lowest BCUT2D eigenvalue weighted by molar-refractivity contribution is -0.0241. The van der Waals surface area contributed by atoms with E-state index in [1.54, 1.807) is 34.8 Å². The zero-order valence-electron chi connectivity index (χ0n) is 15.9. The number of pyridine rings is 2. The van der Waals surface area contributed by atoms with Gasteiger partial charge in [-0.2, -0.15) is 0 Å². The van der Waals surface area contributed by atoms with Crippen molar-refractivity contribution >= 4 is 11.4 Å². The van der Waals surface area contributed by atoms with E-state index in [-0.39, 0.29) is 12.0 Å². The molecule has 0 radical (unpaired) electrons. The van der Waals surface area contributed by atoms with E-state index in [1.165, 1.54) is 6.26 Å². The fourth-order valence-electron chi connectivity index (χ4n) is 3.63. The molecule has 1 atom stereocenters. The van der Waals surface area contributed by atoms with Gasteiger partial charge in [-0.05, 0) is 36.8 Å². The van der Waals surface area contributed by atoms with E-state index in [2.05, 4.69) is 15.3 Å². The molecule has 0 N–H and O–H groups in total. The van der Waals surface area contributed by atoms with E-state index in [9.17, 15) is 4.79 Å². The maximum absolute atomic E-state index is 12.8. The summed E-state index contributed by atoms with van der Waals surface area (Å²) < 4.78 is 12.9. The molecule has 0 spiro atoms. The normalized spacial score (nSPS) is 17.0. The zero-order valence-corrected chi connectivity index (χ0v) is 15.9. The molecule has 0 aliphatic carbocycles. The zero-order chi connectivity index (χ0) is 19.8. The van der Waals surface area contributed by atoms with Crippen LogP contribution in [-0.4, -0.2) is 50.3 Å². The van der Waals surface area contributed by atoms with Gasteiger partial charge in [0.25, 0.3) is 5.91 Å². The van der Waals surface area contributed by atoms with Crippen molar-refractivity contribution < 1.29 is 13.9 Å². The average Bonchev–Trinajstić information content (AvgIpc) is 3.39. The van der Waals surface area contributed by atoms with Crippen LogP contribution >= 0.6 is 0 Å². The summed E-state index contributed by atoms with van der Waals surface area (Å²) in [5.74, 6) is 0.566. The first-order chi connectivity index (χ1) is 14.2. The molecule has 1 unspecified atom stereocenters. The summed E-state index contributed by atoms with van der Waals surface area (Å²) in [6.45, 7) is 3.19. The van der Waals surface area contributed by atoms with Gasteiger partial charge in [0.1, 0.15) is 17.6 Å². The van der Waals surface area contributed by atoms with E-state index >= 15 is 0 Å². The van der Waals surface area contributed by atoms with Gasteiger partial charge < -0.3 is 14.1 Å². The van der Waals surface area contributed by atoms with Gasteiger partial charge >= 0.3 is 0 Å². The predicted molar refractivity (Wildman–Crippen MR) is 104 cm³/mol. The third-order valence-electron chi connectivity index (χ3n) is 5.20. The monoisotopic (exact) mass is 389 g/mol. The van der Waals surface area contributed by atoms with Crippen LogP contribution in [0.4, 0.5) is 0 Å². The molecule has 5 heterocycles. The van der Waals surface area contributed by atoms with Crippen LogP contribution in [0.25, 0.3) is 16.6 Å². The summed E-state index contributed by atoms with van der Waals surface area (Å²) in [5.41, 5.74) is 4.25. The van der Waals surface area contributed by atoms with E-state index in [0.717, 1.165) is 22.3 Å². The fourth-order valence-corrected chi connectivity index (χ4v) is 3.63.